The number of rotatable bonds is 4. The molecule has 0 aliphatic carbocycles. The second-order valence-corrected chi connectivity index (χ2v) is 3.01. The molecule has 2 N–H and O–H groups in total. The van der Waals surface area contributed by atoms with E-state index in [1.165, 1.54) is 0 Å². The predicted molar refractivity (Wildman–Crippen MR) is 54.2 cm³/mol. The number of nitrogens with zero attached hydrogens (tertiary/aromatic N) is 1. The maximum absolute atomic E-state index is 11.1. The molecule has 0 aliphatic rings. The summed E-state index contributed by atoms with van der Waals surface area (Å²) in [4.78, 5) is 15.1. The molecule has 1 rings (SSSR count). The Morgan fingerprint density at radius 3 is 3.13 bits per heavy atom. The van der Waals surface area contributed by atoms with Crippen LogP contribution in [0.1, 0.15) is 18.5 Å². The summed E-state index contributed by atoms with van der Waals surface area (Å²) in [5.41, 5.74) is 0.901. The van der Waals surface area contributed by atoms with Crippen LogP contribution in [0.25, 0.3) is 0 Å². The van der Waals surface area contributed by atoms with Crippen LogP contribution in [0.15, 0.2) is 24.5 Å². The lowest BCUT2D eigenvalue weighted by atomic mass is 10.1. The lowest BCUT2D eigenvalue weighted by Gasteiger charge is -2.13. The predicted octanol–water partition coefficient (Wildman–Crippen LogP) is 0.861. The number of hydrogen-bond donors (Lipinski definition) is 2. The van der Waals surface area contributed by atoms with Gasteiger partial charge >= 0.3 is 6.09 Å². The molecule has 1 heterocycles. The molecule has 1 unspecified atom stereocenters. The van der Waals surface area contributed by atoms with Crippen LogP contribution in [0.3, 0.4) is 0 Å². The highest BCUT2D eigenvalue weighted by Crippen LogP contribution is 2.09. The molecule has 1 atom stereocenters. The van der Waals surface area contributed by atoms with Gasteiger partial charge in [0.2, 0.25) is 0 Å². The van der Waals surface area contributed by atoms with Gasteiger partial charge in [-0.3, -0.25) is 4.98 Å². The Morgan fingerprint density at radius 2 is 2.53 bits per heavy atom. The molecule has 0 aliphatic heterocycles. The number of amides is 1. The highest BCUT2D eigenvalue weighted by molar-refractivity contribution is 5.67. The molecule has 0 radical (unpaired) electrons. The van der Waals surface area contributed by atoms with Gasteiger partial charge in [-0.15, -0.1) is 0 Å². The molecular weight excluding hydrogens is 196 g/mol. The van der Waals surface area contributed by atoms with Crippen molar-refractivity contribution in [2.45, 2.75) is 13.0 Å². The van der Waals surface area contributed by atoms with Crippen LogP contribution in [0.2, 0.25) is 0 Å². The quantitative estimate of drug-likeness (QED) is 0.773. The number of carbonyl (C=O) groups is 1. The lowest BCUT2D eigenvalue weighted by Crippen LogP contribution is -2.28. The molecule has 1 amide bonds. The second-order valence-electron chi connectivity index (χ2n) is 3.01. The van der Waals surface area contributed by atoms with Crippen molar-refractivity contribution in [3.8, 4) is 0 Å². The number of aliphatic hydroxyl groups excluding tert-OH is 1. The van der Waals surface area contributed by atoms with Crippen molar-refractivity contribution in [3.63, 3.8) is 0 Å². The first-order chi connectivity index (χ1) is 7.24. The van der Waals surface area contributed by atoms with Crippen LogP contribution in [0.5, 0.6) is 0 Å². The van der Waals surface area contributed by atoms with Crippen molar-refractivity contribution in [1.29, 1.82) is 0 Å². The zero-order valence-corrected chi connectivity index (χ0v) is 8.51. The average molecular weight is 210 g/mol. The van der Waals surface area contributed by atoms with E-state index in [0.29, 0.717) is 0 Å². The molecule has 5 nitrogen and oxygen atoms in total. The monoisotopic (exact) mass is 210 g/mol. The third kappa shape index (κ3) is 3.95. The molecule has 0 aromatic carbocycles. The lowest BCUT2D eigenvalue weighted by molar-refractivity contribution is 0.116. The van der Waals surface area contributed by atoms with Crippen LogP contribution in [0, 0.1) is 0 Å². The van der Waals surface area contributed by atoms with Gasteiger partial charge < -0.3 is 15.2 Å². The van der Waals surface area contributed by atoms with Crippen molar-refractivity contribution < 1.29 is 14.6 Å². The van der Waals surface area contributed by atoms with Crippen molar-refractivity contribution in [2.24, 2.45) is 0 Å². The van der Waals surface area contributed by atoms with Crippen molar-refractivity contribution >= 4 is 6.09 Å². The van der Waals surface area contributed by atoms with Crippen LogP contribution >= 0.6 is 0 Å². The highest BCUT2D eigenvalue weighted by atomic mass is 16.6. The Labute approximate surface area is 88.1 Å². The van der Waals surface area contributed by atoms with Crippen LogP contribution in [-0.4, -0.2) is 29.4 Å². The van der Waals surface area contributed by atoms with Gasteiger partial charge in [-0.1, -0.05) is 6.07 Å². The SMILES string of the molecule is CC(NC(=O)OCCO)c1cccnc1. The van der Waals surface area contributed by atoms with E-state index >= 15 is 0 Å². The van der Waals surface area contributed by atoms with Gasteiger partial charge in [0.1, 0.15) is 6.61 Å². The van der Waals surface area contributed by atoms with E-state index in [9.17, 15) is 4.79 Å². The van der Waals surface area contributed by atoms with Gasteiger partial charge in [0.15, 0.2) is 0 Å². The van der Waals surface area contributed by atoms with E-state index < -0.39 is 6.09 Å². The molecule has 0 fully saturated rings. The summed E-state index contributed by atoms with van der Waals surface area (Å²) in [6.07, 6.45) is 2.80. The van der Waals surface area contributed by atoms with E-state index in [1.54, 1.807) is 18.5 Å². The summed E-state index contributed by atoms with van der Waals surface area (Å²) in [5.74, 6) is 0. The minimum absolute atomic E-state index is 0.00555. The molecule has 15 heavy (non-hydrogen) atoms. The molecule has 0 saturated carbocycles. The van der Waals surface area contributed by atoms with Gasteiger partial charge in [0, 0.05) is 12.4 Å². The molecule has 1 aromatic rings. The topological polar surface area (TPSA) is 71.5 Å². The first-order valence-electron chi connectivity index (χ1n) is 4.68. The fraction of sp³-hybridized carbons (Fsp3) is 0.400. The van der Waals surface area contributed by atoms with Crippen molar-refractivity contribution in [2.75, 3.05) is 13.2 Å². The van der Waals surface area contributed by atoms with E-state index in [4.69, 9.17) is 5.11 Å². The Morgan fingerprint density at radius 1 is 1.73 bits per heavy atom. The van der Waals surface area contributed by atoms with Crippen molar-refractivity contribution in [1.82, 2.24) is 10.3 Å². The number of pyridine rings is 1. The number of aromatic nitrogens is 1. The summed E-state index contributed by atoms with van der Waals surface area (Å²) in [6.45, 7) is 1.66. The highest BCUT2D eigenvalue weighted by Gasteiger charge is 2.09. The number of carbonyl (C=O) groups excluding carboxylic acids is 1. The van der Waals surface area contributed by atoms with Gasteiger partial charge in [-0.2, -0.15) is 0 Å². The Balaban J connectivity index is 2.42. The average Bonchev–Trinajstić information content (AvgIpc) is 2.27. The van der Waals surface area contributed by atoms with E-state index in [-0.39, 0.29) is 19.3 Å². The van der Waals surface area contributed by atoms with Gasteiger partial charge in [0.25, 0.3) is 0 Å². The Kier molecular flexibility index (Phi) is 4.56. The van der Waals surface area contributed by atoms with Crippen LogP contribution in [0.4, 0.5) is 4.79 Å². The van der Waals surface area contributed by atoms with Crippen LogP contribution in [-0.2, 0) is 4.74 Å². The molecule has 0 spiro atoms. The number of nitrogens with one attached hydrogen (secondary N) is 1. The number of aliphatic hydroxyl groups is 1. The Hall–Kier alpha value is -1.62. The fourth-order valence-corrected chi connectivity index (χ4v) is 1.07. The second kappa shape index (κ2) is 5.98. The van der Waals surface area contributed by atoms with Crippen molar-refractivity contribution in [3.05, 3.63) is 30.1 Å². The van der Waals surface area contributed by atoms with Gasteiger partial charge in [0.05, 0.1) is 12.6 Å². The number of ether oxygens (including phenoxy) is 1. The number of hydrogen-bond acceptors (Lipinski definition) is 4. The van der Waals surface area contributed by atoms with E-state index in [1.807, 2.05) is 13.0 Å². The third-order valence-corrected chi connectivity index (χ3v) is 1.84. The van der Waals surface area contributed by atoms with E-state index in [0.717, 1.165) is 5.56 Å². The zero-order valence-electron chi connectivity index (χ0n) is 8.51. The third-order valence-electron chi connectivity index (χ3n) is 1.84. The summed E-state index contributed by atoms with van der Waals surface area (Å²) in [7, 11) is 0. The smallest absolute Gasteiger partial charge is 0.407 e. The van der Waals surface area contributed by atoms with Gasteiger partial charge in [-0.05, 0) is 18.6 Å². The summed E-state index contributed by atoms with van der Waals surface area (Å²) >= 11 is 0. The Bertz CT molecular complexity index is 303. The molecule has 0 bridgehead atoms. The van der Waals surface area contributed by atoms with Crippen LogP contribution < -0.4 is 5.32 Å². The molecule has 0 saturated heterocycles. The van der Waals surface area contributed by atoms with E-state index in [2.05, 4.69) is 15.0 Å². The number of alkyl carbamates (subject to hydrolysis) is 1. The maximum Gasteiger partial charge on any atom is 0.407 e. The molecule has 82 valence electrons. The first-order valence-corrected chi connectivity index (χ1v) is 4.68. The fourth-order valence-electron chi connectivity index (χ4n) is 1.07. The minimum Gasteiger partial charge on any atom is -0.447 e. The zero-order chi connectivity index (χ0) is 11.1. The summed E-state index contributed by atoms with van der Waals surface area (Å²) in [6, 6.07) is 3.50. The standard InChI is InChI=1S/C10H14N2O3/c1-8(9-3-2-4-11-7-9)12-10(14)15-6-5-13/h2-4,7-8,13H,5-6H2,1H3,(H,12,14). The van der Waals surface area contributed by atoms with Gasteiger partial charge in [-0.25, -0.2) is 4.79 Å². The largest absolute Gasteiger partial charge is 0.447 e. The molecule has 1 aromatic heterocycles. The normalized spacial score (nSPS) is 11.9. The summed E-state index contributed by atoms with van der Waals surface area (Å²) in [5, 5.41) is 11.1. The maximum atomic E-state index is 11.1. The molecule has 5 heteroatoms. The molecular formula is C10H14N2O3. The summed E-state index contributed by atoms with van der Waals surface area (Å²) < 4.78 is 4.66. The minimum atomic E-state index is -0.541. The first kappa shape index (κ1) is 11.5.